The lowest BCUT2D eigenvalue weighted by Gasteiger charge is -2.26. The number of aryl methyl sites for hydroxylation is 2. The van der Waals surface area contributed by atoms with Crippen molar-refractivity contribution in [3.63, 3.8) is 0 Å². The summed E-state index contributed by atoms with van der Waals surface area (Å²) in [5.74, 6) is 0.129. The number of fused-ring (bicyclic) bond motifs is 1. The summed E-state index contributed by atoms with van der Waals surface area (Å²) in [6.45, 7) is 1.45. The van der Waals surface area contributed by atoms with Crippen molar-refractivity contribution in [1.29, 1.82) is 0 Å². The molecule has 0 atom stereocenters. The van der Waals surface area contributed by atoms with Crippen LogP contribution in [0.25, 0.3) is 0 Å². The number of piperidine rings is 1. The highest BCUT2D eigenvalue weighted by atomic mass is 32.2. The number of sulfonamides is 1. The maximum absolute atomic E-state index is 12.4. The standard InChI is InChI=1S/C17H24N2O3S/c20-17-7-3-4-11-19(17)12-10-18-23(21,22)16-9-8-14-5-1-2-6-15(14)13-16/h8-9,13,18H,1-7,10-12H2. The summed E-state index contributed by atoms with van der Waals surface area (Å²) in [7, 11) is -3.50. The third kappa shape index (κ3) is 3.93. The predicted octanol–water partition coefficient (Wildman–Crippen LogP) is 1.86. The minimum Gasteiger partial charge on any atom is -0.341 e. The Kier molecular flexibility index (Phi) is 5.02. The minimum absolute atomic E-state index is 0.129. The third-order valence-electron chi connectivity index (χ3n) is 4.73. The molecule has 23 heavy (non-hydrogen) atoms. The highest BCUT2D eigenvalue weighted by Gasteiger charge is 2.20. The number of hydrogen-bond donors (Lipinski definition) is 1. The Bertz CT molecular complexity index is 685. The molecular weight excluding hydrogens is 312 g/mol. The van der Waals surface area contributed by atoms with E-state index in [0.717, 1.165) is 44.2 Å². The van der Waals surface area contributed by atoms with Gasteiger partial charge in [0.1, 0.15) is 0 Å². The number of carbonyl (C=O) groups is 1. The van der Waals surface area contributed by atoms with E-state index in [2.05, 4.69) is 4.72 Å². The molecule has 5 nitrogen and oxygen atoms in total. The van der Waals surface area contributed by atoms with Crippen molar-refractivity contribution in [2.75, 3.05) is 19.6 Å². The van der Waals surface area contributed by atoms with Crippen LogP contribution in [0, 0.1) is 0 Å². The van der Waals surface area contributed by atoms with E-state index in [1.165, 1.54) is 12.0 Å². The van der Waals surface area contributed by atoms with E-state index in [0.29, 0.717) is 17.9 Å². The number of nitrogens with one attached hydrogen (secondary N) is 1. The summed E-state index contributed by atoms with van der Waals surface area (Å²) in [6, 6.07) is 5.44. The normalized spacial score (nSPS) is 18.8. The molecule has 1 aliphatic heterocycles. The zero-order chi connectivity index (χ0) is 16.3. The van der Waals surface area contributed by atoms with Gasteiger partial charge < -0.3 is 4.90 Å². The molecule has 6 heteroatoms. The quantitative estimate of drug-likeness (QED) is 0.892. The Balaban J connectivity index is 1.61. The molecule has 1 heterocycles. The van der Waals surface area contributed by atoms with Crippen LogP contribution in [-0.4, -0.2) is 38.9 Å². The summed E-state index contributed by atoms with van der Waals surface area (Å²) in [6.07, 6.45) is 6.83. The number of carbonyl (C=O) groups excluding carboxylic acids is 1. The van der Waals surface area contributed by atoms with Crippen LogP contribution >= 0.6 is 0 Å². The van der Waals surface area contributed by atoms with Gasteiger partial charge in [0.2, 0.25) is 15.9 Å². The van der Waals surface area contributed by atoms with Crippen molar-refractivity contribution >= 4 is 15.9 Å². The average Bonchev–Trinajstić information content (AvgIpc) is 2.56. The smallest absolute Gasteiger partial charge is 0.240 e. The molecule has 0 saturated carbocycles. The first-order valence-electron chi connectivity index (χ1n) is 8.45. The molecule has 0 spiro atoms. The Hall–Kier alpha value is -1.40. The predicted molar refractivity (Wildman–Crippen MR) is 88.7 cm³/mol. The summed E-state index contributed by atoms with van der Waals surface area (Å²) in [4.78, 5) is 13.8. The molecule has 0 bridgehead atoms. The van der Waals surface area contributed by atoms with Gasteiger partial charge in [0, 0.05) is 26.1 Å². The van der Waals surface area contributed by atoms with Crippen molar-refractivity contribution in [3.05, 3.63) is 29.3 Å². The van der Waals surface area contributed by atoms with Crippen LogP contribution in [-0.2, 0) is 27.7 Å². The Morgan fingerprint density at radius 1 is 1.00 bits per heavy atom. The van der Waals surface area contributed by atoms with E-state index in [1.807, 2.05) is 12.1 Å². The van der Waals surface area contributed by atoms with Crippen LogP contribution in [0.1, 0.15) is 43.2 Å². The van der Waals surface area contributed by atoms with Gasteiger partial charge in [-0.05, 0) is 61.8 Å². The first kappa shape index (κ1) is 16.5. The van der Waals surface area contributed by atoms with Gasteiger partial charge in [0.15, 0.2) is 0 Å². The van der Waals surface area contributed by atoms with Gasteiger partial charge in [-0.15, -0.1) is 0 Å². The highest BCUT2D eigenvalue weighted by Crippen LogP contribution is 2.24. The Morgan fingerprint density at radius 2 is 1.74 bits per heavy atom. The topological polar surface area (TPSA) is 66.5 Å². The Morgan fingerprint density at radius 3 is 2.52 bits per heavy atom. The number of rotatable bonds is 5. The van der Waals surface area contributed by atoms with Gasteiger partial charge in [0.25, 0.3) is 0 Å². The second kappa shape index (κ2) is 7.01. The molecule has 1 amide bonds. The summed E-state index contributed by atoms with van der Waals surface area (Å²) in [5.41, 5.74) is 2.43. The first-order valence-corrected chi connectivity index (χ1v) is 9.94. The second-order valence-corrected chi connectivity index (χ2v) is 8.14. The molecule has 1 saturated heterocycles. The van der Waals surface area contributed by atoms with Gasteiger partial charge in [0.05, 0.1) is 4.90 Å². The van der Waals surface area contributed by atoms with Crippen LogP contribution in [0.15, 0.2) is 23.1 Å². The van der Waals surface area contributed by atoms with E-state index in [4.69, 9.17) is 0 Å². The molecule has 3 rings (SSSR count). The van der Waals surface area contributed by atoms with Gasteiger partial charge in [-0.1, -0.05) is 6.07 Å². The molecule has 0 unspecified atom stereocenters. The third-order valence-corrected chi connectivity index (χ3v) is 6.18. The van der Waals surface area contributed by atoms with Crippen LogP contribution in [0.4, 0.5) is 0 Å². The number of likely N-dealkylation sites (tertiary alicyclic amines) is 1. The SMILES string of the molecule is O=C1CCCCN1CCNS(=O)(=O)c1ccc2c(c1)CCCC2. The maximum atomic E-state index is 12.4. The molecule has 1 N–H and O–H groups in total. The number of nitrogens with zero attached hydrogens (tertiary/aromatic N) is 1. The zero-order valence-electron chi connectivity index (χ0n) is 13.4. The zero-order valence-corrected chi connectivity index (χ0v) is 14.2. The summed E-state index contributed by atoms with van der Waals surface area (Å²) in [5, 5.41) is 0. The van der Waals surface area contributed by atoms with Crippen LogP contribution in [0.5, 0.6) is 0 Å². The average molecular weight is 336 g/mol. The van der Waals surface area contributed by atoms with E-state index >= 15 is 0 Å². The summed E-state index contributed by atoms with van der Waals surface area (Å²) >= 11 is 0. The van der Waals surface area contributed by atoms with Crippen LogP contribution in [0.2, 0.25) is 0 Å². The van der Waals surface area contributed by atoms with Crippen LogP contribution < -0.4 is 4.72 Å². The fourth-order valence-electron chi connectivity index (χ4n) is 3.37. The van der Waals surface area contributed by atoms with E-state index < -0.39 is 10.0 Å². The number of hydrogen-bond acceptors (Lipinski definition) is 3. The molecule has 126 valence electrons. The molecule has 1 aromatic rings. The van der Waals surface area contributed by atoms with Gasteiger partial charge in [-0.25, -0.2) is 13.1 Å². The maximum Gasteiger partial charge on any atom is 0.240 e. The fourth-order valence-corrected chi connectivity index (χ4v) is 4.44. The van der Waals surface area contributed by atoms with E-state index in [9.17, 15) is 13.2 Å². The van der Waals surface area contributed by atoms with Crippen molar-refractivity contribution < 1.29 is 13.2 Å². The fraction of sp³-hybridized carbons (Fsp3) is 0.588. The summed E-state index contributed by atoms with van der Waals surface area (Å²) < 4.78 is 27.5. The monoisotopic (exact) mass is 336 g/mol. The highest BCUT2D eigenvalue weighted by molar-refractivity contribution is 7.89. The lowest BCUT2D eigenvalue weighted by atomic mass is 9.92. The van der Waals surface area contributed by atoms with Crippen LogP contribution in [0.3, 0.4) is 0 Å². The first-order chi connectivity index (χ1) is 11.1. The largest absolute Gasteiger partial charge is 0.341 e. The molecule has 2 aliphatic rings. The number of benzene rings is 1. The molecule has 1 aliphatic carbocycles. The van der Waals surface area contributed by atoms with Crippen molar-refractivity contribution in [2.24, 2.45) is 0 Å². The lowest BCUT2D eigenvalue weighted by molar-refractivity contribution is -0.133. The molecule has 1 fully saturated rings. The van der Waals surface area contributed by atoms with Gasteiger partial charge in [-0.3, -0.25) is 4.79 Å². The Labute approximate surface area is 138 Å². The lowest BCUT2D eigenvalue weighted by Crippen LogP contribution is -2.41. The van der Waals surface area contributed by atoms with Crippen molar-refractivity contribution in [2.45, 2.75) is 49.8 Å². The minimum atomic E-state index is -3.50. The molecule has 0 aromatic heterocycles. The molecule has 0 radical (unpaired) electrons. The van der Waals surface area contributed by atoms with Crippen molar-refractivity contribution in [1.82, 2.24) is 9.62 Å². The van der Waals surface area contributed by atoms with Gasteiger partial charge >= 0.3 is 0 Å². The van der Waals surface area contributed by atoms with Crippen molar-refractivity contribution in [3.8, 4) is 0 Å². The van der Waals surface area contributed by atoms with E-state index in [1.54, 1.807) is 11.0 Å². The van der Waals surface area contributed by atoms with Gasteiger partial charge in [-0.2, -0.15) is 0 Å². The number of amides is 1. The van der Waals surface area contributed by atoms with E-state index in [-0.39, 0.29) is 12.5 Å². The molecular formula is C17H24N2O3S. The second-order valence-electron chi connectivity index (χ2n) is 6.37. The molecule has 1 aromatic carbocycles.